The lowest BCUT2D eigenvalue weighted by atomic mass is 9.92. The molecule has 6 heteroatoms. The Morgan fingerprint density at radius 2 is 1.52 bits per heavy atom. The van der Waals surface area contributed by atoms with Crippen molar-refractivity contribution in [2.75, 3.05) is 18.5 Å². The van der Waals surface area contributed by atoms with E-state index >= 15 is 0 Å². The second-order valence-corrected chi connectivity index (χ2v) is 8.31. The lowest BCUT2D eigenvalue weighted by molar-refractivity contribution is -0.146. The zero-order valence-electron chi connectivity index (χ0n) is 19.2. The Bertz CT molecular complexity index is 938. The quantitative estimate of drug-likeness (QED) is 0.613. The van der Waals surface area contributed by atoms with Crippen LogP contribution in [0.1, 0.15) is 72.1 Å². The van der Waals surface area contributed by atoms with Crippen molar-refractivity contribution in [3.63, 3.8) is 0 Å². The average molecular weight is 425 g/mol. The van der Waals surface area contributed by atoms with Crippen LogP contribution >= 0.6 is 0 Å². The van der Waals surface area contributed by atoms with E-state index in [1.807, 2.05) is 38.1 Å². The first-order chi connectivity index (χ1) is 14.6. The van der Waals surface area contributed by atoms with Crippen LogP contribution in [0.5, 0.6) is 0 Å². The lowest BCUT2D eigenvalue weighted by Crippen LogP contribution is -2.32. The molecule has 31 heavy (non-hydrogen) atoms. The number of carbonyl (C=O) groups is 3. The molecule has 0 aliphatic carbocycles. The number of hydrogen-bond acceptors (Lipinski definition) is 4. The van der Waals surface area contributed by atoms with Gasteiger partial charge in [-0.1, -0.05) is 52.0 Å². The fourth-order valence-corrected chi connectivity index (χ4v) is 3.21. The monoisotopic (exact) mass is 424 g/mol. The van der Waals surface area contributed by atoms with Crippen LogP contribution in [-0.4, -0.2) is 30.9 Å². The fourth-order valence-electron chi connectivity index (χ4n) is 3.21. The van der Waals surface area contributed by atoms with Crippen molar-refractivity contribution < 1.29 is 19.1 Å². The molecule has 0 saturated heterocycles. The number of ether oxygens (including phenoxy) is 1. The number of amides is 2. The van der Waals surface area contributed by atoms with Crippen LogP contribution in [0.25, 0.3) is 0 Å². The number of rotatable bonds is 8. The molecule has 2 aromatic rings. The maximum Gasteiger partial charge on any atom is 0.325 e. The highest BCUT2D eigenvalue weighted by Crippen LogP contribution is 2.32. The van der Waals surface area contributed by atoms with E-state index < -0.39 is 18.5 Å². The molecule has 0 unspecified atom stereocenters. The van der Waals surface area contributed by atoms with E-state index in [1.54, 1.807) is 12.1 Å². The largest absolute Gasteiger partial charge is 0.454 e. The zero-order valence-corrected chi connectivity index (χ0v) is 19.2. The molecule has 0 aliphatic rings. The summed E-state index contributed by atoms with van der Waals surface area (Å²) < 4.78 is 5.04. The highest BCUT2D eigenvalue weighted by molar-refractivity contribution is 5.97. The number of benzene rings is 2. The van der Waals surface area contributed by atoms with E-state index in [-0.39, 0.29) is 24.3 Å². The molecular weight excluding hydrogens is 392 g/mol. The summed E-state index contributed by atoms with van der Waals surface area (Å²) in [4.78, 5) is 36.6. The minimum Gasteiger partial charge on any atom is -0.454 e. The average Bonchev–Trinajstić information content (AvgIpc) is 2.72. The normalized spacial score (nSPS) is 10.8. The van der Waals surface area contributed by atoms with Gasteiger partial charge in [0.1, 0.15) is 6.54 Å². The number of hydrogen-bond donors (Lipinski definition) is 2. The van der Waals surface area contributed by atoms with Crippen LogP contribution in [0.3, 0.4) is 0 Å². The molecule has 2 amide bonds. The SMILES string of the molecule is Cc1ccc(C(=O)NCC(=O)OCC(=O)Nc2c(C(C)C)cccc2C(C)C)cc1C. The molecule has 2 N–H and O–H groups in total. The van der Waals surface area contributed by atoms with Crippen molar-refractivity contribution in [2.45, 2.75) is 53.4 Å². The van der Waals surface area contributed by atoms with Crippen LogP contribution in [-0.2, 0) is 14.3 Å². The van der Waals surface area contributed by atoms with Crippen molar-refractivity contribution in [3.8, 4) is 0 Å². The molecule has 0 radical (unpaired) electrons. The third-order valence-electron chi connectivity index (χ3n) is 5.16. The fraction of sp³-hybridized carbons (Fsp3) is 0.400. The van der Waals surface area contributed by atoms with Gasteiger partial charge < -0.3 is 15.4 Å². The Balaban J connectivity index is 1.91. The highest BCUT2D eigenvalue weighted by Gasteiger charge is 2.17. The van der Waals surface area contributed by atoms with E-state index in [9.17, 15) is 14.4 Å². The van der Waals surface area contributed by atoms with Crippen molar-refractivity contribution in [1.29, 1.82) is 0 Å². The van der Waals surface area contributed by atoms with Gasteiger partial charge in [-0.2, -0.15) is 0 Å². The van der Waals surface area contributed by atoms with Gasteiger partial charge in [0.15, 0.2) is 6.61 Å². The van der Waals surface area contributed by atoms with Gasteiger partial charge in [-0.3, -0.25) is 14.4 Å². The van der Waals surface area contributed by atoms with Crippen molar-refractivity contribution in [2.24, 2.45) is 0 Å². The molecule has 0 aromatic heterocycles. The Hall–Kier alpha value is -3.15. The lowest BCUT2D eigenvalue weighted by Gasteiger charge is -2.20. The van der Waals surface area contributed by atoms with Gasteiger partial charge in [0.2, 0.25) is 0 Å². The van der Waals surface area contributed by atoms with Crippen LogP contribution in [0.4, 0.5) is 5.69 Å². The summed E-state index contributed by atoms with van der Waals surface area (Å²) in [5.74, 6) is -0.983. The summed E-state index contributed by atoms with van der Waals surface area (Å²) >= 11 is 0. The predicted octanol–water partition coefficient (Wildman–Crippen LogP) is 4.46. The van der Waals surface area contributed by atoms with Crippen molar-refractivity contribution >= 4 is 23.5 Å². The highest BCUT2D eigenvalue weighted by atomic mass is 16.5. The van der Waals surface area contributed by atoms with Gasteiger partial charge >= 0.3 is 5.97 Å². The molecular formula is C25H32N2O4. The molecule has 6 nitrogen and oxygen atoms in total. The summed E-state index contributed by atoms with van der Waals surface area (Å²) in [6, 6.07) is 11.3. The molecule has 166 valence electrons. The molecule has 0 heterocycles. The van der Waals surface area contributed by atoms with Crippen LogP contribution in [0, 0.1) is 13.8 Å². The number of anilines is 1. The second kappa shape index (κ2) is 10.8. The summed E-state index contributed by atoms with van der Waals surface area (Å²) in [6.45, 7) is 11.4. The third kappa shape index (κ3) is 6.67. The number of nitrogens with one attached hydrogen (secondary N) is 2. The van der Waals surface area contributed by atoms with Crippen LogP contribution in [0.15, 0.2) is 36.4 Å². The topological polar surface area (TPSA) is 84.5 Å². The Morgan fingerprint density at radius 3 is 2.06 bits per heavy atom. The maximum absolute atomic E-state index is 12.4. The smallest absolute Gasteiger partial charge is 0.325 e. The molecule has 0 aliphatic heterocycles. The number of carbonyl (C=O) groups excluding carboxylic acids is 3. The summed E-state index contributed by atoms with van der Waals surface area (Å²) in [7, 11) is 0. The first-order valence-electron chi connectivity index (χ1n) is 10.5. The summed E-state index contributed by atoms with van der Waals surface area (Å²) in [6.07, 6.45) is 0. The third-order valence-corrected chi connectivity index (χ3v) is 5.16. The molecule has 0 fully saturated rings. The van der Waals surface area contributed by atoms with Crippen LogP contribution in [0.2, 0.25) is 0 Å². The van der Waals surface area contributed by atoms with E-state index in [2.05, 4.69) is 38.3 Å². The van der Waals surface area contributed by atoms with Crippen molar-refractivity contribution in [1.82, 2.24) is 5.32 Å². The Labute approximate surface area is 184 Å². The summed E-state index contributed by atoms with van der Waals surface area (Å²) in [5.41, 5.74) is 5.39. The van der Waals surface area contributed by atoms with Gasteiger partial charge in [-0.25, -0.2) is 0 Å². The van der Waals surface area contributed by atoms with Gasteiger partial charge in [0, 0.05) is 11.3 Å². The summed E-state index contributed by atoms with van der Waals surface area (Å²) in [5, 5.41) is 5.42. The minimum absolute atomic E-state index is 0.233. The van der Waals surface area contributed by atoms with E-state index in [0.717, 1.165) is 27.9 Å². The molecule has 0 atom stereocenters. The van der Waals surface area contributed by atoms with E-state index in [0.29, 0.717) is 5.56 Å². The van der Waals surface area contributed by atoms with Gasteiger partial charge in [0.05, 0.1) is 0 Å². The van der Waals surface area contributed by atoms with Gasteiger partial charge in [0.25, 0.3) is 11.8 Å². The van der Waals surface area contributed by atoms with E-state index in [1.165, 1.54) is 0 Å². The minimum atomic E-state index is -0.673. The molecule has 0 saturated carbocycles. The molecule has 2 rings (SSSR count). The second-order valence-electron chi connectivity index (χ2n) is 8.31. The predicted molar refractivity (Wildman–Crippen MR) is 122 cm³/mol. The first kappa shape index (κ1) is 24.1. The number of para-hydroxylation sites is 1. The van der Waals surface area contributed by atoms with Crippen molar-refractivity contribution in [3.05, 3.63) is 64.2 Å². The Morgan fingerprint density at radius 1 is 0.903 bits per heavy atom. The van der Waals surface area contributed by atoms with Crippen LogP contribution < -0.4 is 10.6 Å². The van der Waals surface area contributed by atoms with Gasteiger partial charge in [-0.05, 0) is 60.1 Å². The van der Waals surface area contributed by atoms with Gasteiger partial charge in [-0.15, -0.1) is 0 Å². The standard InChI is InChI=1S/C25H32N2O4/c1-15(2)20-8-7-9-21(16(3)4)24(20)27-22(28)14-31-23(29)13-26-25(30)19-11-10-17(5)18(6)12-19/h7-12,15-16H,13-14H2,1-6H3,(H,26,30)(H,27,28). The number of esters is 1. The molecule has 2 aromatic carbocycles. The van der Waals surface area contributed by atoms with E-state index in [4.69, 9.17) is 4.74 Å². The number of aryl methyl sites for hydroxylation is 2. The Kier molecular flexibility index (Phi) is 8.37. The maximum atomic E-state index is 12.4. The molecule has 0 spiro atoms. The zero-order chi connectivity index (χ0) is 23.1. The first-order valence-corrected chi connectivity index (χ1v) is 10.5. The molecule has 0 bridgehead atoms.